The molecule has 0 bridgehead atoms. The number of nitrogens with two attached hydrogens (primary N) is 1. The summed E-state index contributed by atoms with van der Waals surface area (Å²) in [7, 11) is 0. The molecule has 0 aromatic heterocycles. The maximum absolute atomic E-state index is 10.8. The monoisotopic (exact) mass is 346 g/mol. The molecular formula is C16H15BrN2O2. The Hall–Kier alpha value is -1.72. The van der Waals surface area contributed by atoms with Gasteiger partial charge in [0.1, 0.15) is 0 Å². The van der Waals surface area contributed by atoms with E-state index < -0.39 is 10.5 Å². The molecule has 3 rings (SSSR count). The zero-order chi connectivity index (χ0) is 15.0. The summed E-state index contributed by atoms with van der Waals surface area (Å²) in [5, 5.41) is 10.8. The zero-order valence-electron chi connectivity index (χ0n) is 11.4. The van der Waals surface area contributed by atoms with Crippen LogP contribution in [0.25, 0.3) is 0 Å². The van der Waals surface area contributed by atoms with E-state index in [9.17, 15) is 10.1 Å². The molecule has 1 aliphatic carbocycles. The lowest BCUT2D eigenvalue weighted by atomic mass is 9.86. The first-order valence-corrected chi connectivity index (χ1v) is 7.59. The van der Waals surface area contributed by atoms with Crippen LogP contribution in [0.1, 0.15) is 23.1 Å². The summed E-state index contributed by atoms with van der Waals surface area (Å²) in [5.74, 6) is 0. The third kappa shape index (κ3) is 2.59. The maximum Gasteiger partial charge on any atom is 0.270 e. The molecule has 0 amide bonds. The van der Waals surface area contributed by atoms with Crippen LogP contribution in [0.4, 0.5) is 5.69 Å². The lowest BCUT2D eigenvalue weighted by Gasteiger charge is -2.26. The lowest BCUT2D eigenvalue weighted by Crippen LogP contribution is -2.36. The first kappa shape index (κ1) is 14.2. The molecule has 0 aliphatic heterocycles. The van der Waals surface area contributed by atoms with E-state index in [4.69, 9.17) is 5.73 Å². The molecule has 1 unspecified atom stereocenters. The largest absolute Gasteiger partial charge is 0.321 e. The number of nitrogens with zero attached hydrogens (tertiary/aromatic N) is 1. The summed E-state index contributed by atoms with van der Waals surface area (Å²) in [6, 6.07) is 13.1. The van der Waals surface area contributed by atoms with Gasteiger partial charge in [-0.1, -0.05) is 46.3 Å². The number of benzene rings is 2. The molecule has 0 heterocycles. The number of halogens is 1. The summed E-state index contributed by atoms with van der Waals surface area (Å²) >= 11 is 3.43. The minimum absolute atomic E-state index is 0.0866. The fourth-order valence-electron chi connectivity index (χ4n) is 3.03. The normalized spacial score (nSPS) is 20.3. The smallest absolute Gasteiger partial charge is 0.270 e. The van der Waals surface area contributed by atoms with Crippen molar-refractivity contribution in [3.05, 3.63) is 73.7 Å². The van der Waals surface area contributed by atoms with E-state index in [1.54, 1.807) is 12.1 Å². The van der Waals surface area contributed by atoms with Gasteiger partial charge in [0.05, 0.1) is 4.92 Å². The van der Waals surface area contributed by atoms with Gasteiger partial charge in [-0.3, -0.25) is 10.1 Å². The second-order valence-electron chi connectivity index (χ2n) is 5.52. The van der Waals surface area contributed by atoms with Crippen LogP contribution < -0.4 is 5.73 Å². The van der Waals surface area contributed by atoms with Gasteiger partial charge >= 0.3 is 0 Å². The molecule has 108 valence electrons. The lowest BCUT2D eigenvalue weighted by molar-refractivity contribution is -0.384. The predicted molar refractivity (Wildman–Crippen MR) is 85.1 cm³/mol. The highest BCUT2D eigenvalue weighted by molar-refractivity contribution is 9.10. The molecule has 0 spiro atoms. The molecule has 0 radical (unpaired) electrons. The molecule has 4 nitrogen and oxygen atoms in total. The van der Waals surface area contributed by atoms with Gasteiger partial charge in [0.15, 0.2) is 0 Å². The average molecular weight is 347 g/mol. The molecular weight excluding hydrogens is 332 g/mol. The van der Waals surface area contributed by atoms with Crippen LogP contribution in [0.5, 0.6) is 0 Å². The van der Waals surface area contributed by atoms with E-state index in [1.807, 2.05) is 12.1 Å². The van der Waals surface area contributed by atoms with Crippen molar-refractivity contribution in [3.63, 3.8) is 0 Å². The van der Waals surface area contributed by atoms with Crippen molar-refractivity contribution in [2.75, 3.05) is 0 Å². The van der Waals surface area contributed by atoms with Gasteiger partial charge in [-0.05, 0) is 36.0 Å². The molecule has 1 aliphatic rings. The van der Waals surface area contributed by atoms with Crippen LogP contribution in [0, 0.1) is 10.1 Å². The molecule has 0 fully saturated rings. The Morgan fingerprint density at radius 2 is 2.05 bits per heavy atom. The quantitative estimate of drug-likeness (QED) is 0.680. The van der Waals surface area contributed by atoms with E-state index in [-0.39, 0.29) is 5.69 Å². The number of nitro groups is 1. The van der Waals surface area contributed by atoms with Crippen molar-refractivity contribution in [1.82, 2.24) is 0 Å². The van der Waals surface area contributed by atoms with Gasteiger partial charge < -0.3 is 5.73 Å². The molecule has 5 heteroatoms. The Morgan fingerprint density at radius 1 is 1.29 bits per heavy atom. The number of fused-ring (bicyclic) bond motifs is 1. The van der Waals surface area contributed by atoms with Crippen LogP contribution in [0.15, 0.2) is 46.9 Å². The SMILES string of the molecule is NC1(Cc2ccc([N+](=O)[O-])cc2Br)CCc2ccccc21. The second-order valence-corrected chi connectivity index (χ2v) is 6.38. The fraction of sp³-hybridized carbons (Fsp3) is 0.250. The molecule has 21 heavy (non-hydrogen) atoms. The minimum Gasteiger partial charge on any atom is -0.321 e. The van der Waals surface area contributed by atoms with Gasteiger partial charge in [0.2, 0.25) is 0 Å². The van der Waals surface area contributed by atoms with Crippen LogP contribution >= 0.6 is 15.9 Å². The Bertz CT molecular complexity index is 717. The zero-order valence-corrected chi connectivity index (χ0v) is 13.0. The first-order valence-electron chi connectivity index (χ1n) is 6.80. The van der Waals surface area contributed by atoms with Gasteiger partial charge in [-0.15, -0.1) is 0 Å². The van der Waals surface area contributed by atoms with Crippen molar-refractivity contribution in [1.29, 1.82) is 0 Å². The topological polar surface area (TPSA) is 69.2 Å². The van der Waals surface area contributed by atoms with Crippen LogP contribution in [-0.4, -0.2) is 4.92 Å². The standard InChI is InChI=1S/C16H15BrN2O2/c17-15-9-13(19(20)21)6-5-12(15)10-16(18)8-7-11-3-1-2-4-14(11)16/h1-6,9H,7-8,10,18H2. The third-order valence-corrected chi connectivity index (χ3v) is 4.89. The maximum atomic E-state index is 10.8. The van der Waals surface area contributed by atoms with Crippen LogP contribution in [0.3, 0.4) is 0 Å². The number of rotatable bonds is 3. The summed E-state index contributed by atoms with van der Waals surface area (Å²) in [6.45, 7) is 0. The Labute approximate surface area is 131 Å². The van der Waals surface area contributed by atoms with Crippen LogP contribution in [-0.2, 0) is 18.4 Å². The second kappa shape index (κ2) is 5.24. The molecule has 2 aromatic carbocycles. The number of aryl methyl sites for hydroxylation is 1. The number of nitro benzene ring substituents is 1. The average Bonchev–Trinajstić information content (AvgIpc) is 2.79. The van der Waals surface area contributed by atoms with E-state index in [0.717, 1.165) is 22.9 Å². The van der Waals surface area contributed by atoms with Crippen molar-refractivity contribution >= 4 is 21.6 Å². The Morgan fingerprint density at radius 3 is 2.76 bits per heavy atom. The van der Waals surface area contributed by atoms with Gasteiger partial charge in [-0.25, -0.2) is 0 Å². The summed E-state index contributed by atoms with van der Waals surface area (Å²) in [5.41, 5.74) is 9.80. The molecule has 0 saturated carbocycles. The predicted octanol–water partition coefficient (Wildman–Crippen LogP) is 3.70. The minimum atomic E-state index is -0.394. The van der Waals surface area contributed by atoms with Gasteiger partial charge in [0, 0.05) is 22.1 Å². The first-order chi connectivity index (χ1) is 9.99. The van der Waals surface area contributed by atoms with Crippen molar-refractivity contribution in [2.24, 2.45) is 5.73 Å². The van der Waals surface area contributed by atoms with Crippen LogP contribution in [0.2, 0.25) is 0 Å². The number of hydrogen-bond donors (Lipinski definition) is 1. The summed E-state index contributed by atoms with van der Waals surface area (Å²) in [4.78, 5) is 10.4. The van der Waals surface area contributed by atoms with E-state index in [1.165, 1.54) is 17.2 Å². The van der Waals surface area contributed by atoms with Gasteiger partial charge in [-0.2, -0.15) is 0 Å². The molecule has 0 saturated heterocycles. The Balaban J connectivity index is 1.93. The van der Waals surface area contributed by atoms with E-state index in [0.29, 0.717) is 6.42 Å². The Kier molecular flexibility index (Phi) is 3.55. The van der Waals surface area contributed by atoms with Crippen molar-refractivity contribution in [2.45, 2.75) is 24.8 Å². The van der Waals surface area contributed by atoms with Crippen molar-refractivity contribution in [3.8, 4) is 0 Å². The van der Waals surface area contributed by atoms with Crippen molar-refractivity contribution < 1.29 is 4.92 Å². The highest BCUT2D eigenvalue weighted by atomic mass is 79.9. The molecule has 1 atom stereocenters. The van der Waals surface area contributed by atoms with E-state index >= 15 is 0 Å². The third-order valence-electron chi connectivity index (χ3n) is 4.15. The molecule has 2 N–H and O–H groups in total. The molecule has 2 aromatic rings. The number of hydrogen-bond acceptors (Lipinski definition) is 3. The summed E-state index contributed by atoms with van der Waals surface area (Å²) < 4.78 is 0.742. The highest BCUT2D eigenvalue weighted by Gasteiger charge is 2.35. The van der Waals surface area contributed by atoms with Gasteiger partial charge in [0.25, 0.3) is 5.69 Å². The van der Waals surface area contributed by atoms with E-state index in [2.05, 4.69) is 28.1 Å². The fourth-order valence-corrected chi connectivity index (χ4v) is 3.54. The summed E-state index contributed by atoms with van der Waals surface area (Å²) in [6.07, 6.45) is 2.55. The number of non-ortho nitro benzene ring substituents is 1. The highest BCUT2D eigenvalue weighted by Crippen LogP contribution is 2.38.